The molecule has 1 heterocycles. The number of carbonyl (C=O) groups excluding carboxylic acids is 1. The van der Waals surface area contributed by atoms with Gasteiger partial charge in [0.05, 0.1) is 0 Å². The third-order valence-electron chi connectivity index (χ3n) is 1.31. The summed E-state index contributed by atoms with van der Waals surface area (Å²) in [4.78, 5) is 10.7. The lowest BCUT2D eigenvalue weighted by Crippen LogP contribution is -2.32. The fraction of sp³-hybridized carbons (Fsp3) is 0. The maximum atomic E-state index is 11.1. The second-order valence-electron chi connectivity index (χ2n) is 2.15. The highest BCUT2D eigenvalue weighted by atomic mass is 35.5. The number of pyridine rings is 1. The van der Waals surface area contributed by atoms with Crippen LogP contribution in [0.1, 0.15) is 10.4 Å². The van der Waals surface area contributed by atoms with Crippen molar-refractivity contribution in [3.63, 3.8) is 0 Å². The van der Waals surface area contributed by atoms with Crippen molar-refractivity contribution in [2.24, 2.45) is 5.73 Å². The standard InChI is InChI=1S/C6H3Cl3N2O2/c7-3-1-2(6(10)12)4(8)11(13)5(3)9/h1H,(H2,10,12). The second-order valence-corrected chi connectivity index (χ2v) is 3.27. The molecule has 0 saturated heterocycles. The largest absolute Gasteiger partial charge is 0.616 e. The van der Waals surface area contributed by atoms with Crippen LogP contribution in [-0.4, -0.2) is 5.91 Å². The number of nitrogens with two attached hydrogens (primary N) is 1. The first-order valence-electron chi connectivity index (χ1n) is 3.02. The van der Waals surface area contributed by atoms with Gasteiger partial charge in [0.2, 0.25) is 0 Å². The highest BCUT2D eigenvalue weighted by Crippen LogP contribution is 2.22. The van der Waals surface area contributed by atoms with E-state index in [1.54, 1.807) is 0 Å². The summed E-state index contributed by atoms with van der Waals surface area (Å²) < 4.78 is 0.130. The Balaban J connectivity index is 3.50. The van der Waals surface area contributed by atoms with E-state index in [9.17, 15) is 10.0 Å². The van der Waals surface area contributed by atoms with Crippen molar-refractivity contribution < 1.29 is 9.52 Å². The van der Waals surface area contributed by atoms with Crippen molar-refractivity contribution >= 4 is 40.7 Å². The Hall–Kier alpha value is -0.710. The van der Waals surface area contributed by atoms with Crippen LogP contribution in [0.2, 0.25) is 15.3 Å². The minimum absolute atomic E-state index is 0.0742. The zero-order valence-electron chi connectivity index (χ0n) is 6.05. The van der Waals surface area contributed by atoms with Gasteiger partial charge < -0.3 is 10.9 Å². The molecular weight excluding hydrogens is 238 g/mol. The summed E-state index contributed by atoms with van der Waals surface area (Å²) in [7, 11) is 0. The van der Waals surface area contributed by atoms with Gasteiger partial charge in [-0.05, 0) is 29.3 Å². The molecule has 0 fully saturated rings. The third kappa shape index (κ3) is 1.80. The molecule has 0 atom stereocenters. The van der Waals surface area contributed by atoms with Crippen molar-refractivity contribution in [3.8, 4) is 0 Å². The molecule has 2 N–H and O–H groups in total. The van der Waals surface area contributed by atoms with Crippen molar-refractivity contribution in [1.29, 1.82) is 0 Å². The fourth-order valence-electron chi connectivity index (χ4n) is 0.711. The number of halogens is 3. The summed E-state index contributed by atoms with van der Waals surface area (Å²) >= 11 is 16.4. The number of hydrogen-bond acceptors (Lipinski definition) is 2. The molecule has 1 rings (SSSR count). The number of aromatic nitrogens is 1. The molecule has 0 aromatic carbocycles. The van der Waals surface area contributed by atoms with Crippen LogP contribution in [0.4, 0.5) is 0 Å². The molecule has 4 nitrogen and oxygen atoms in total. The monoisotopic (exact) mass is 240 g/mol. The van der Waals surface area contributed by atoms with Crippen molar-refractivity contribution in [1.82, 2.24) is 0 Å². The molecule has 0 spiro atoms. The van der Waals surface area contributed by atoms with Gasteiger partial charge in [0.25, 0.3) is 5.91 Å². The molecular formula is C6H3Cl3N2O2. The lowest BCUT2D eigenvalue weighted by molar-refractivity contribution is -0.600. The number of carbonyl (C=O) groups is 1. The van der Waals surface area contributed by atoms with Crippen LogP contribution >= 0.6 is 34.8 Å². The van der Waals surface area contributed by atoms with Crippen LogP contribution in [0.25, 0.3) is 0 Å². The third-order valence-corrected chi connectivity index (χ3v) is 2.41. The van der Waals surface area contributed by atoms with Gasteiger partial charge in [0, 0.05) is 0 Å². The van der Waals surface area contributed by atoms with Crippen LogP contribution in [0.5, 0.6) is 0 Å². The Morgan fingerprint density at radius 2 is 1.92 bits per heavy atom. The van der Waals surface area contributed by atoms with E-state index in [0.29, 0.717) is 0 Å². The van der Waals surface area contributed by atoms with Gasteiger partial charge in [-0.1, -0.05) is 11.6 Å². The summed E-state index contributed by atoms with van der Waals surface area (Å²) in [5.74, 6) is -0.840. The highest BCUT2D eigenvalue weighted by molar-refractivity contribution is 6.41. The van der Waals surface area contributed by atoms with Gasteiger partial charge >= 0.3 is 10.3 Å². The Labute approximate surface area is 88.4 Å². The van der Waals surface area contributed by atoms with Gasteiger partial charge in [-0.15, -0.1) is 4.73 Å². The van der Waals surface area contributed by atoms with E-state index in [1.165, 1.54) is 0 Å². The van der Waals surface area contributed by atoms with Crippen molar-refractivity contribution in [2.45, 2.75) is 0 Å². The number of primary amides is 1. The van der Waals surface area contributed by atoms with Crippen molar-refractivity contribution in [2.75, 3.05) is 0 Å². The van der Waals surface area contributed by atoms with Gasteiger partial charge in [-0.3, -0.25) is 4.79 Å². The lowest BCUT2D eigenvalue weighted by atomic mass is 10.3. The molecule has 1 amide bonds. The molecule has 0 aliphatic rings. The van der Waals surface area contributed by atoms with Gasteiger partial charge in [-0.2, -0.15) is 0 Å². The first-order valence-corrected chi connectivity index (χ1v) is 4.15. The molecule has 0 bridgehead atoms. The van der Waals surface area contributed by atoms with Crippen LogP contribution < -0.4 is 10.5 Å². The molecule has 7 heteroatoms. The summed E-state index contributed by atoms with van der Waals surface area (Å²) in [5.41, 5.74) is 4.76. The van der Waals surface area contributed by atoms with E-state index in [4.69, 9.17) is 40.5 Å². The molecule has 0 radical (unpaired) electrons. The molecule has 0 aliphatic carbocycles. The summed E-state index contributed by atoms with van der Waals surface area (Å²) in [6.45, 7) is 0. The van der Waals surface area contributed by atoms with E-state index in [1.807, 2.05) is 0 Å². The molecule has 0 unspecified atom stereocenters. The van der Waals surface area contributed by atoms with Crippen molar-refractivity contribution in [3.05, 3.63) is 32.2 Å². The average molecular weight is 241 g/mol. The highest BCUT2D eigenvalue weighted by Gasteiger charge is 2.21. The number of amides is 1. The normalized spacial score (nSPS) is 10.1. The SMILES string of the molecule is NC(=O)c1cc(Cl)c(Cl)[n+]([O-])c1Cl. The Kier molecular flexibility index (Phi) is 2.85. The minimum Gasteiger partial charge on any atom is -0.616 e. The van der Waals surface area contributed by atoms with E-state index in [-0.39, 0.29) is 25.6 Å². The smallest absolute Gasteiger partial charge is 0.306 e. The van der Waals surface area contributed by atoms with E-state index < -0.39 is 5.91 Å². The van der Waals surface area contributed by atoms with Crippen LogP contribution in [-0.2, 0) is 0 Å². The van der Waals surface area contributed by atoms with E-state index in [0.717, 1.165) is 6.07 Å². The topological polar surface area (TPSA) is 70.0 Å². The molecule has 0 aliphatic heterocycles. The second kappa shape index (κ2) is 3.57. The number of nitrogens with zero attached hydrogens (tertiary/aromatic N) is 1. The number of hydrogen-bond donors (Lipinski definition) is 1. The van der Waals surface area contributed by atoms with Crippen LogP contribution in [0, 0.1) is 5.21 Å². The van der Waals surface area contributed by atoms with Crippen LogP contribution in [0.15, 0.2) is 6.07 Å². The fourth-order valence-corrected chi connectivity index (χ4v) is 1.31. The Bertz CT molecular complexity index is 381. The van der Waals surface area contributed by atoms with Gasteiger partial charge in [0.1, 0.15) is 10.6 Å². The minimum atomic E-state index is -0.840. The molecule has 13 heavy (non-hydrogen) atoms. The van der Waals surface area contributed by atoms with Crippen LogP contribution in [0.3, 0.4) is 0 Å². The quantitative estimate of drug-likeness (QED) is 0.458. The first-order chi connectivity index (χ1) is 5.95. The Morgan fingerprint density at radius 3 is 2.38 bits per heavy atom. The zero-order valence-corrected chi connectivity index (χ0v) is 8.32. The van der Waals surface area contributed by atoms with E-state index in [2.05, 4.69) is 0 Å². The molecule has 70 valence electrons. The van der Waals surface area contributed by atoms with E-state index >= 15 is 0 Å². The zero-order chi connectivity index (χ0) is 10.2. The predicted octanol–water partition coefficient (Wildman–Crippen LogP) is 1.38. The maximum Gasteiger partial charge on any atom is 0.306 e. The molecule has 1 aromatic heterocycles. The summed E-state index contributed by atoms with van der Waals surface area (Å²) in [6, 6.07) is 1.14. The average Bonchev–Trinajstić information content (AvgIpc) is 2.07. The number of rotatable bonds is 1. The lowest BCUT2D eigenvalue weighted by Gasteiger charge is -2.04. The summed E-state index contributed by atoms with van der Waals surface area (Å²) in [6.07, 6.45) is 0. The molecule has 1 aromatic rings. The Morgan fingerprint density at radius 1 is 1.38 bits per heavy atom. The first kappa shape index (κ1) is 10.4. The predicted molar refractivity (Wildman–Crippen MR) is 48.9 cm³/mol. The van der Waals surface area contributed by atoms with Gasteiger partial charge in [0.15, 0.2) is 0 Å². The molecule has 0 saturated carbocycles. The van der Waals surface area contributed by atoms with Gasteiger partial charge in [-0.25, -0.2) is 0 Å². The maximum absolute atomic E-state index is 11.1. The summed E-state index contributed by atoms with van der Waals surface area (Å²) in [5, 5.41) is 10.3.